The van der Waals surface area contributed by atoms with Crippen molar-refractivity contribution in [2.24, 2.45) is 0 Å². The highest BCUT2D eigenvalue weighted by Crippen LogP contribution is 2.37. The van der Waals surface area contributed by atoms with Crippen LogP contribution in [0.2, 0.25) is 0 Å². The number of aromatic nitrogens is 1. The van der Waals surface area contributed by atoms with E-state index in [1.54, 1.807) is 0 Å². The van der Waals surface area contributed by atoms with Crippen molar-refractivity contribution < 1.29 is 0 Å². The van der Waals surface area contributed by atoms with Gasteiger partial charge >= 0.3 is 0 Å². The smallest absolute Gasteiger partial charge is 0.0722 e. The molecular weight excluding hydrogens is 408 g/mol. The summed E-state index contributed by atoms with van der Waals surface area (Å²) in [5.41, 5.74) is 10.8. The van der Waals surface area contributed by atoms with Gasteiger partial charge in [0.2, 0.25) is 0 Å². The van der Waals surface area contributed by atoms with Gasteiger partial charge < -0.3 is 0 Å². The van der Waals surface area contributed by atoms with Crippen LogP contribution in [0.3, 0.4) is 0 Å². The summed E-state index contributed by atoms with van der Waals surface area (Å²) in [5.74, 6) is 0. The molecule has 3 heteroatoms. The Morgan fingerprint density at radius 2 is 1.75 bits per heavy atom. The van der Waals surface area contributed by atoms with Crippen molar-refractivity contribution in [3.8, 4) is 11.3 Å². The van der Waals surface area contributed by atoms with Crippen molar-refractivity contribution in [2.75, 3.05) is 13.3 Å². The van der Waals surface area contributed by atoms with E-state index in [9.17, 15) is 0 Å². The van der Waals surface area contributed by atoms with E-state index in [0.29, 0.717) is 6.04 Å². The number of benzene rings is 2. The molecule has 1 atom stereocenters. The molecule has 0 saturated heterocycles. The lowest BCUT2D eigenvalue weighted by atomic mass is 9.87. The molecule has 1 aliphatic carbocycles. The van der Waals surface area contributed by atoms with E-state index in [0.717, 1.165) is 30.8 Å². The van der Waals surface area contributed by atoms with Crippen LogP contribution in [0, 0.1) is 6.92 Å². The zero-order valence-electron chi connectivity index (χ0n) is 20.2. The minimum Gasteiger partial charge on any atom is -0.295 e. The Bertz CT molecular complexity index is 1070. The predicted molar refractivity (Wildman–Crippen MR) is 139 cm³/mol. The molecule has 0 aliphatic heterocycles. The third-order valence-electron chi connectivity index (χ3n) is 7.04. The Morgan fingerprint density at radius 1 is 1.03 bits per heavy atom. The Morgan fingerprint density at radius 3 is 2.44 bits per heavy atom. The summed E-state index contributed by atoms with van der Waals surface area (Å²) in [5, 5.41) is 0. The van der Waals surface area contributed by atoms with Crippen molar-refractivity contribution >= 4 is 11.8 Å². The van der Waals surface area contributed by atoms with Crippen LogP contribution in [0.4, 0.5) is 0 Å². The number of fused-ring (bicyclic) bond motifs is 1. The van der Waals surface area contributed by atoms with Crippen molar-refractivity contribution in [1.82, 2.24) is 9.88 Å². The second kappa shape index (κ2) is 10.2. The molecule has 32 heavy (non-hydrogen) atoms. The number of hydrogen-bond acceptors (Lipinski definition) is 3. The van der Waals surface area contributed by atoms with Gasteiger partial charge in [0, 0.05) is 34.3 Å². The molecule has 2 aromatic carbocycles. The summed E-state index contributed by atoms with van der Waals surface area (Å²) in [7, 11) is 2.28. The van der Waals surface area contributed by atoms with Gasteiger partial charge in [-0.3, -0.25) is 9.88 Å². The van der Waals surface area contributed by atoms with Gasteiger partial charge in [-0.2, -0.15) is 0 Å². The fourth-order valence-electron chi connectivity index (χ4n) is 5.29. The standard InChI is InChI=1S/C29H36N2S/c1-6-21-13-10-14-22(7-2)29(21)26-18-28(32-5)25(20(3)30-26)19-31(4)27-17-11-15-23-12-8-9-16-24(23)27/h8-10,12-14,16,18,27H,6-7,11,15,17,19H2,1-5H3. The molecule has 0 spiro atoms. The van der Waals surface area contributed by atoms with Gasteiger partial charge in [-0.25, -0.2) is 0 Å². The number of thioether (sulfide) groups is 1. The minimum atomic E-state index is 0.487. The Hall–Kier alpha value is -2.10. The van der Waals surface area contributed by atoms with E-state index >= 15 is 0 Å². The van der Waals surface area contributed by atoms with Crippen LogP contribution >= 0.6 is 11.8 Å². The van der Waals surface area contributed by atoms with Gasteiger partial charge in [-0.1, -0.05) is 56.3 Å². The molecule has 0 fully saturated rings. The van der Waals surface area contributed by atoms with Crippen molar-refractivity contribution in [3.05, 3.63) is 82.0 Å². The highest BCUT2D eigenvalue weighted by Gasteiger charge is 2.25. The van der Waals surface area contributed by atoms with Crippen LogP contribution in [-0.4, -0.2) is 23.2 Å². The average molecular weight is 445 g/mol. The Kier molecular flexibility index (Phi) is 7.37. The van der Waals surface area contributed by atoms with E-state index in [1.807, 2.05) is 11.8 Å². The normalized spacial score (nSPS) is 15.8. The van der Waals surface area contributed by atoms with Crippen LogP contribution in [0.1, 0.15) is 66.2 Å². The molecule has 1 unspecified atom stereocenters. The number of pyridine rings is 1. The molecule has 2 nitrogen and oxygen atoms in total. The molecule has 1 aromatic heterocycles. The van der Waals surface area contributed by atoms with Crippen molar-refractivity contribution in [1.29, 1.82) is 0 Å². The summed E-state index contributed by atoms with van der Waals surface area (Å²) in [6, 6.07) is 18.5. The fourth-order valence-corrected chi connectivity index (χ4v) is 5.98. The lowest BCUT2D eigenvalue weighted by Crippen LogP contribution is -2.28. The first-order valence-corrected chi connectivity index (χ1v) is 13.2. The summed E-state index contributed by atoms with van der Waals surface area (Å²) < 4.78 is 0. The van der Waals surface area contributed by atoms with E-state index < -0.39 is 0 Å². The number of rotatable bonds is 7. The maximum atomic E-state index is 5.17. The Labute approximate surface area is 198 Å². The average Bonchev–Trinajstić information content (AvgIpc) is 2.83. The van der Waals surface area contributed by atoms with E-state index in [1.165, 1.54) is 57.5 Å². The maximum absolute atomic E-state index is 5.17. The van der Waals surface area contributed by atoms with E-state index in [2.05, 4.69) is 87.5 Å². The zero-order valence-corrected chi connectivity index (χ0v) is 21.1. The highest BCUT2D eigenvalue weighted by molar-refractivity contribution is 7.98. The fraction of sp³-hybridized carbons (Fsp3) is 0.414. The molecule has 0 N–H and O–H groups in total. The van der Waals surface area contributed by atoms with Crippen molar-refractivity contribution in [2.45, 2.75) is 70.4 Å². The van der Waals surface area contributed by atoms with Gasteiger partial charge in [0.25, 0.3) is 0 Å². The number of nitrogens with zero attached hydrogens (tertiary/aromatic N) is 2. The largest absolute Gasteiger partial charge is 0.295 e. The molecule has 1 heterocycles. The molecule has 1 aliphatic rings. The summed E-state index contributed by atoms with van der Waals surface area (Å²) in [6.45, 7) is 7.61. The Balaban J connectivity index is 1.69. The number of aryl methyl sites for hydroxylation is 4. The molecular formula is C29H36N2S. The molecule has 0 amide bonds. The predicted octanol–water partition coefficient (Wildman–Crippen LogP) is 7.41. The van der Waals surface area contributed by atoms with Gasteiger partial charge in [0.05, 0.1) is 5.69 Å². The maximum Gasteiger partial charge on any atom is 0.0722 e. The van der Waals surface area contributed by atoms with E-state index in [4.69, 9.17) is 4.98 Å². The number of hydrogen-bond donors (Lipinski definition) is 0. The van der Waals surface area contributed by atoms with Gasteiger partial charge in [0.1, 0.15) is 0 Å². The third-order valence-corrected chi connectivity index (χ3v) is 7.85. The molecule has 3 aromatic rings. The van der Waals surface area contributed by atoms with Crippen molar-refractivity contribution in [3.63, 3.8) is 0 Å². The molecule has 0 radical (unpaired) electrons. The molecule has 0 saturated carbocycles. The minimum absolute atomic E-state index is 0.487. The molecule has 4 rings (SSSR count). The summed E-state index contributed by atoms with van der Waals surface area (Å²) >= 11 is 1.85. The molecule has 168 valence electrons. The van der Waals surface area contributed by atoms with Gasteiger partial charge in [0.15, 0.2) is 0 Å². The highest BCUT2D eigenvalue weighted by atomic mass is 32.2. The lowest BCUT2D eigenvalue weighted by molar-refractivity contribution is 0.211. The quantitative estimate of drug-likeness (QED) is 0.353. The summed E-state index contributed by atoms with van der Waals surface area (Å²) in [4.78, 5) is 9.07. The SMILES string of the molecule is CCc1cccc(CC)c1-c1cc(SC)c(CN(C)C2CCCc3ccccc32)c(C)n1. The first kappa shape index (κ1) is 23.1. The summed E-state index contributed by atoms with van der Waals surface area (Å²) in [6.07, 6.45) is 7.97. The topological polar surface area (TPSA) is 16.1 Å². The third kappa shape index (κ3) is 4.51. The second-order valence-electron chi connectivity index (χ2n) is 8.95. The van der Waals surface area contributed by atoms with Gasteiger partial charge in [-0.15, -0.1) is 11.8 Å². The van der Waals surface area contributed by atoms with Crippen LogP contribution in [0.15, 0.2) is 53.4 Å². The lowest BCUT2D eigenvalue weighted by Gasteiger charge is -2.34. The van der Waals surface area contributed by atoms with Crippen LogP contribution in [-0.2, 0) is 25.8 Å². The van der Waals surface area contributed by atoms with Crippen LogP contribution in [0.25, 0.3) is 11.3 Å². The van der Waals surface area contributed by atoms with Crippen LogP contribution in [0.5, 0.6) is 0 Å². The van der Waals surface area contributed by atoms with Gasteiger partial charge in [-0.05, 0) is 80.7 Å². The monoisotopic (exact) mass is 444 g/mol. The second-order valence-corrected chi connectivity index (χ2v) is 9.80. The van der Waals surface area contributed by atoms with E-state index in [-0.39, 0.29) is 0 Å². The first-order valence-electron chi connectivity index (χ1n) is 12.0. The molecule has 0 bridgehead atoms. The zero-order chi connectivity index (χ0) is 22.7. The van der Waals surface area contributed by atoms with Crippen LogP contribution < -0.4 is 0 Å². The first-order chi connectivity index (χ1) is 15.6.